The molecule has 1 amide bonds. The second-order valence-corrected chi connectivity index (χ2v) is 8.43. The molecule has 3 aliphatic heterocycles. The molecular formula is C22H31N5O. The van der Waals surface area contributed by atoms with Crippen LogP contribution in [0.3, 0.4) is 0 Å². The van der Waals surface area contributed by atoms with Crippen LogP contribution in [0.5, 0.6) is 0 Å². The van der Waals surface area contributed by atoms with E-state index in [1.54, 1.807) is 0 Å². The number of hydrogen-bond donors (Lipinski definition) is 0. The SMILES string of the molecule is Cc1nn(CCC(=O)N2CC3CCC2CN(Cc2ccccn2)C3)c(C)c1C. The predicted molar refractivity (Wildman–Crippen MR) is 109 cm³/mol. The van der Waals surface area contributed by atoms with Gasteiger partial charge in [-0.05, 0) is 57.2 Å². The molecule has 3 fully saturated rings. The van der Waals surface area contributed by atoms with Gasteiger partial charge in [0, 0.05) is 57.1 Å². The van der Waals surface area contributed by atoms with Crippen molar-refractivity contribution >= 4 is 5.91 Å². The molecule has 2 atom stereocenters. The molecule has 0 radical (unpaired) electrons. The van der Waals surface area contributed by atoms with Gasteiger partial charge in [-0.1, -0.05) is 6.07 Å². The summed E-state index contributed by atoms with van der Waals surface area (Å²) < 4.78 is 1.99. The number of carbonyl (C=O) groups excluding carboxylic acids is 1. The Bertz CT molecular complexity index is 831. The monoisotopic (exact) mass is 381 g/mol. The fourth-order valence-corrected chi connectivity index (χ4v) is 4.68. The first kappa shape index (κ1) is 19.1. The average molecular weight is 382 g/mol. The van der Waals surface area contributed by atoms with Gasteiger partial charge < -0.3 is 4.90 Å². The average Bonchev–Trinajstić information content (AvgIpc) is 2.88. The van der Waals surface area contributed by atoms with Gasteiger partial charge in [-0.25, -0.2) is 0 Å². The summed E-state index contributed by atoms with van der Waals surface area (Å²) in [4.78, 5) is 22.2. The van der Waals surface area contributed by atoms with Crippen molar-refractivity contribution in [1.29, 1.82) is 0 Å². The predicted octanol–water partition coefficient (Wildman–Crippen LogP) is 2.72. The van der Waals surface area contributed by atoms with Crippen molar-refractivity contribution in [2.75, 3.05) is 19.6 Å². The fraction of sp³-hybridized carbons (Fsp3) is 0.591. The van der Waals surface area contributed by atoms with Crippen molar-refractivity contribution in [3.05, 3.63) is 47.0 Å². The van der Waals surface area contributed by atoms with Crippen LogP contribution in [0.15, 0.2) is 24.4 Å². The van der Waals surface area contributed by atoms with Crippen molar-refractivity contribution in [2.24, 2.45) is 5.92 Å². The quantitative estimate of drug-likeness (QED) is 0.799. The summed E-state index contributed by atoms with van der Waals surface area (Å²) in [5, 5.41) is 4.58. The second kappa shape index (κ2) is 8.03. The van der Waals surface area contributed by atoms with Gasteiger partial charge in [0.05, 0.1) is 11.4 Å². The Morgan fingerprint density at radius 1 is 1.14 bits per heavy atom. The van der Waals surface area contributed by atoms with Crippen molar-refractivity contribution in [3.63, 3.8) is 0 Å². The maximum Gasteiger partial charge on any atom is 0.224 e. The Labute approximate surface area is 167 Å². The number of carbonyl (C=O) groups is 1. The number of aryl methyl sites for hydroxylation is 2. The van der Waals surface area contributed by atoms with Gasteiger partial charge in [0.2, 0.25) is 5.91 Å². The molecule has 5 rings (SSSR count). The van der Waals surface area contributed by atoms with E-state index < -0.39 is 0 Å². The molecule has 0 saturated carbocycles. The maximum atomic E-state index is 13.0. The minimum absolute atomic E-state index is 0.277. The van der Waals surface area contributed by atoms with Crippen LogP contribution in [0, 0.1) is 26.7 Å². The summed E-state index contributed by atoms with van der Waals surface area (Å²) >= 11 is 0. The second-order valence-electron chi connectivity index (χ2n) is 8.43. The van der Waals surface area contributed by atoms with Crippen LogP contribution in [0.1, 0.15) is 41.9 Å². The Hall–Kier alpha value is -2.21. The summed E-state index contributed by atoms with van der Waals surface area (Å²) in [6.45, 7) is 10.7. The van der Waals surface area contributed by atoms with E-state index in [1.807, 2.05) is 29.9 Å². The van der Waals surface area contributed by atoms with Crippen molar-refractivity contribution in [3.8, 4) is 0 Å². The number of pyridine rings is 1. The lowest BCUT2D eigenvalue weighted by Crippen LogP contribution is -2.47. The third-order valence-electron chi connectivity index (χ3n) is 6.50. The minimum Gasteiger partial charge on any atom is -0.338 e. The van der Waals surface area contributed by atoms with Crippen LogP contribution in [-0.2, 0) is 17.9 Å². The van der Waals surface area contributed by atoms with E-state index in [1.165, 1.54) is 17.7 Å². The zero-order valence-corrected chi connectivity index (χ0v) is 17.3. The molecule has 0 spiro atoms. The van der Waals surface area contributed by atoms with Crippen LogP contribution >= 0.6 is 0 Å². The van der Waals surface area contributed by atoms with E-state index in [0.29, 0.717) is 24.9 Å². The molecule has 6 heteroatoms. The van der Waals surface area contributed by atoms with Crippen LogP contribution in [-0.4, -0.2) is 56.1 Å². The standard InChI is InChI=1S/C22H31N5O/c1-16-17(2)24-27(18(16)3)11-9-22(28)26-13-19-7-8-21(26)15-25(12-19)14-20-6-4-5-10-23-20/h4-6,10,19,21H,7-9,11-15H2,1-3H3. The topological polar surface area (TPSA) is 54.3 Å². The zero-order valence-electron chi connectivity index (χ0n) is 17.3. The zero-order chi connectivity index (χ0) is 19.7. The van der Waals surface area contributed by atoms with Crippen LogP contribution < -0.4 is 0 Å². The molecule has 5 heterocycles. The van der Waals surface area contributed by atoms with Gasteiger partial charge in [0.25, 0.3) is 0 Å². The number of fused-ring (bicyclic) bond motifs is 4. The first-order chi connectivity index (χ1) is 13.5. The lowest BCUT2D eigenvalue weighted by Gasteiger charge is -2.36. The fourth-order valence-electron chi connectivity index (χ4n) is 4.68. The molecule has 2 bridgehead atoms. The Balaban J connectivity index is 1.38. The highest BCUT2D eigenvalue weighted by molar-refractivity contribution is 5.76. The molecule has 2 aromatic heterocycles. The van der Waals surface area contributed by atoms with Gasteiger partial charge in [0.15, 0.2) is 0 Å². The third-order valence-corrected chi connectivity index (χ3v) is 6.50. The molecule has 0 aromatic carbocycles. The molecule has 3 saturated heterocycles. The molecule has 2 aromatic rings. The van der Waals surface area contributed by atoms with Crippen LogP contribution in [0.25, 0.3) is 0 Å². The lowest BCUT2D eigenvalue weighted by molar-refractivity contribution is -0.135. The van der Waals surface area contributed by atoms with Crippen molar-refractivity contribution in [2.45, 2.75) is 59.2 Å². The van der Waals surface area contributed by atoms with Crippen LogP contribution in [0.2, 0.25) is 0 Å². The molecule has 150 valence electrons. The summed E-state index contributed by atoms with van der Waals surface area (Å²) in [5.41, 5.74) is 4.57. The molecular weight excluding hydrogens is 350 g/mol. The Morgan fingerprint density at radius 2 is 2.00 bits per heavy atom. The highest BCUT2D eigenvalue weighted by atomic mass is 16.2. The normalized spacial score (nSPS) is 22.5. The third kappa shape index (κ3) is 3.97. The smallest absolute Gasteiger partial charge is 0.224 e. The Morgan fingerprint density at radius 3 is 2.71 bits per heavy atom. The number of hydrogen-bond acceptors (Lipinski definition) is 4. The number of piperidine rings is 1. The number of rotatable bonds is 5. The van der Waals surface area contributed by atoms with Gasteiger partial charge in [-0.3, -0.25) is 19.4 Å². The summed E-state index contributed by atoms with van der Waals surface area (Å²) in [7, 11) is 0. The van der Waals surface area contributed by atoms with Gasteiger partial charge in [0.1, 0.15) is 0 Å². The largest absolute Gasteiger partial charge is 0.338 e. The van der Waals surface area contributed by atoms with E-state index in [-0.39, 0.29) is 5.91 Å². The number of aromatic nitrogens is 3. The van der Waals surface area contributed by atoms with E-state index >= 15 is 0 Å². The summed E-state index contributed by atoms with van der Waals surface area (Å²) in [6.07, 6.45) is 4.74. The van der Waals surface area contributed by atoms with Gasteiger partial charge >= 0.3 is 0 Å². The highest BCUT2D eigenvalue weighted by Crippen LogP contribution is 2.29. The number of nitrogens with zero attached hydrogens (tertiary/aromatic N) is 5. The molecule has 28 heavy (non-hydrogen) atoms. The molecule has 0 N–H and O–H groups in total. The number of amides is 1. The van der Waals surface area contributed by atoms with E-state index in [0.717, 1.165) is 44.0 Å². The molecule has 2 unspecified atom stereocenters. The minimum atomic E-state index is 0.277. The van der Waals surface area contributed by atoms with Crippen molar-refractivity contribution < 1.29 is 4.79 Å². The first-order valence-electron chi connectivity index (χ1n) is 10.4. The van der Waals surface area contributed by atoms with Gasteiger partial charge in [-0.15, -0.1) is 0 Å². The van der Waals surface area contributed by atoms with Crippen LogP contribution in [0.4, 0.5) is 0 Å². The van der Waals surface area contributed by atoms with E-state index in [9.17, 15) is 4.79 Å². The Kier molecular flexibility index (Phi) is 5.49. The van der Waals surface area contributed by atoms with Crippen molar-refractivity contribution in [1.82, 2.24) is 24.6 Å². The maximum absolute atomic E-state index is 13.0. The summed E-state index contributed by atoms with van der Waals surface area (Å²) in [5.74, 6) is 0.849. The molecule has 0 aliphatic carbocycles. The van der Waals surface area contributed by atoms with Gasteiger partial charge in [-0.2, -0.15) is 5.10 Å². The van der Waals surface area contributed by atoms with E-state index in [2.05, 4.69) is 39.8 Å². The lowest BCUT2D eigenvalue weighted by atomic mass is 9.94. The first-order valence-corrected chi connectivity index (χ1v) is 10.4. The van der Waals surface area contributed by atoms with E-state index in [4.69, 9.17) is 0 Å². The molecule has 6 nitrogen and oxygen atoms in total. The highest BCUT2D eigenvalue weighted by Gasteiger charge is 2.36. The molecule has 3 aliphatic rings. The summed E-state index contributed by atoms with van der Waals surface area (Å²) in [6, 6.07) is 6.43.